The Bertz CT molecular complexity index is 707. The number of nitrogens with zero attached hydrogens (tertiary/aromatic N) is 3. The van der Waals surface area contributed by atoms with Gasteiger partial charge in [-0.3, -0.25) is 14.3 Å². The van der Waals surface area contributed by atoms with Crippen LogP contribution in [0.3, 0.4) is 0 Å². The Balaban J connectivity index is 2.92. The largest absolute Gasteiger partial charge is 0.330 e. The lowest BCUT2D eigenvalue weighted by atomic mass is 10.3. The summed E-state index contributed by atoms with van der Waals surface area (Å²) in [5.41, 5.74) is 5.89. The number of H-pyrrole nitrogens is 1. The van der Waals surface area contributed by atoms with Gasteiger partial charge in [0.05, 0.1) is 6.04 Å². The lowest BCUT2D eigenvalue weighted by molar-refractivity contribution is 0.647. The summed E-state index contributed by atoms with van der Waals surface area (Å²) in [5.74, 6) is 0.624. The molecule has 0 aliphatic carbocycles. The fourth-order valence-corrected chi connectivity index (χ4v) is 2.29. The molecule has 0 bridgehead atoms. The van der Waals surface area contributed by atoms with E-state index in [1.54, 1.807) is 4.57 Å². The number of aryl methyl sites for hydroxylation is 2. The fourth-order valence-electron chi connectivity index (χ4n) is 2.29. The predicted molar refractivity (Wildman–Crippen MR) is 73.2 cm³/mol. The predicted octanol–water partition coefficient (Wildman–Crippen LogP) is 0.336. The standard InChI is InChI=1S/C12H19N5O2/c1-4-6-17-10-8(11(18)15-12(17)19)16(5-2)9(14-10)7(3)13/h7H,4-6,13H2,1-3H3,(H,15,18,19). The SMILES string of the molecule is CCCn1c(=O)[nH]c(=O)c2c1nc(C(C)N)n2CC. The summed E-state index contributed by atoms with van der Waals surface area (Å²) in [7, 11) is 0. The van der Waals surface area contributed by atoms with Crippen molar-refractivity contribution >= 4 is 11.2 Å². The van der Waals surface area contributed by atoms with Crippen LogP contribution in [0.25, 0.3) is 11.2 Å². The third-order valence-corrected chi connectivity index (χ3v) is 3.09. The van der Waals surface area contributed by atoms with Crippen LogP contribution in [0.15, 0.2) is 9.59 Å². The van der Waals surface area contributed by atoms with Crippen LogP contribution in [0.1, 0.15) is 39.1 Å². The van der Waals surface area contributed by atoms with Crippen LogP contribution < -0.4 is 17.0 Å². The van der Waals surface area contributed by atoms with Crippen molar-refractivity contribution < 1.29 is 0 Å². The average Bonchev–Trinajstić information content (AvgIpc) is 2.74. The molecule has 104 valence electrons. The van der Waals surface area contributed by atoms with E-state index in [1.807, 2.05) is 20.8 Å². The summed E-state index contributed by atoms with van der Waals surface area (Å²) < 4.78 is 3.26. The Morgan fingerprint density at radius 2 is 2.00 bits per heavy atom. The maximum absolute atomic E-state index is 12.0. The second kappa shape index (κ2) is 5.00. The van der Waals surface area contributed by atoms with Crippen LogP contribution in [0, 0.1) is 0 Å². The first kappa shape index (κ1) is 13.5. The maximum atomic E-state index is 12.0. The van der Waals surface area contributed by atoms with E-state index in [2.05, 4.69) is 9.97 Å². The number of nitrogens with two attached hydrogens (primary N) is 1. The van der Waals surface area contributed by atoms with Gasteiger partial charge in [-0.15, -0.1) is 0 Å². The van der Waals surface area contributed by atoms with Gasteiger partial charge in [-0.25, -0.2) is 9.78 Å². The molecule has 0 aliphatic rings. The van der Waals surface area contributed by atoms with Crippen molar-refractivity contribution in [2.45, 2.75) is 46.3 Å². The van der Waals surface area contributed by atoms with Gasteiger partial charge in [-0.2, -0.15) is 0 Å². The van der Waals surface area contributed by atoms with Gasteiger partial charge >= 0.3 is 5.69 Å². The summed E-state index contributed by atoms with van der Waals surface area (Å²) in [5, 5.41) is 0. The summed E-state index contributed by atoms with van der Waals surface area (Å²) in [6.07, 6.45) is 0.785. The molecule has 0 radical (unpaired) electrons. The Morgan fingerprint density at radius 3 is 2.53 bits per heavy atom. The molecule has 2 rings (SSSR count). The van der Waals surface area contributed by atoms with Gasteiger partial charge in [0.1, 0.15) is 5.82 Å². The van der Waals surface area contributed by atoms with E-state index in [-0.39, 0.29) is 6.04 Å². The highest BCUT2D eigenvalue weighted by atomic mass is 16.2. The van der Waals surface area contributed by atoms with Gasteiger partial charge in [0, 0.05) is 13.1 Å². The normalized spacial score (nSPS) is 13.1. The number of fused-ring (bicyclic) bond motifs is 1. The Labute approximate surface area is 110 Å². The molecule has 0 aliphatic heterocycles. The Hall–Kier alpha value is -1.89. The maximum Gasteiger partial charge on any atom is 0.330 e. The molecular formula is C12H19N5O2. The zero-order valence-electron chi connectivity index (χ0n) is 11.4. The van der Waals surface area contributed by atoms with Crippen LogP contribution >= 0.6 is 0 Å². The van der Waals surface area contributed by atoms with E-state index in [1.165, 1.54) is 4.57 Å². The van der Waals surface area contributed by atoms with Gasteiger partial charge in [0.15, 0.2) is 11.2 Å². The molecule has 1 atom stereocenters. The number of nitrogens with one attached hydrogen (secondary N) is 1. The first-order chi connectivity index (χ1) is 9.01. The monoisotopic (exact) mass is 265 g/mol. The molecular weight excluding hydrogens is 246 g/mol. The lowest BCUT2D eigenvalue weighted by Crippen LogP contribution is -2.31. The van der Waals surface area contributed by atoms with Gasteiger partial charge in [0.2, 0.25) is 0 Å². The zero-order chi connectivity index (χ0) is 14.2. The van der Waals surface area contributed by atoms with Gasteiger partial charge < -0.3 is 10.3 Å². The molecule has 3 N–H and O–H groups in total. The van der Waals surface area contributed by atoms with Gasteiger partial charge in [-0.1, -0.05) is 6.92 Å². The third kappa shape index (κ3) is 2.10. The van der Waals surface area contributed by atoms with Crippen LogP contribution in [-0.4, -0.2) is 19.1 Å². The van der Waals surface area contributed by atoms with E-state index in [9.17, 15) is 9.59 Å². The average molecular weight is 265 g/mol. The number of hydrogen-bond donors (Lipinski definition) is 2. The van der Waals surface area contributed by atoms with E-state index >= 15 is 0 Å². The number of imidazole rings is 1. The smallest absolute Gasteiger partial charge is 0.322 e. The molecule has 1 unspecified atom stereocenters. The van der Waals surface area contributed by atoms with Crippen molar-refractivity contribution in [1.29, 1.82) is 0 Å². The molecule has 0 fully saturated rings. The molecule has 0 spiro atoms. The van der Waals surface area contributed by atoms with Crippen LogP contribution in [-0.2, 0) is 13.1 Å². The second-order valence-electron chi connectivity index (χ2n) is 4.59. The van der Waals surface area contributed by atoms with E-state index < -0.39 is 11.2 Å². The molecule has 0 saturated heterocycles. The minimum absolute atomic E-state index is 0.295. The quantitative estimate of drug-likeness (QED) is 0.832. The van der Waals surface area contributed by atoms with E-state index in [0.29, 0.717) is 30.1 Å². The molecule has 0 aromatic carbocycles. The van der Waals surface area contributed by atoms with Gasteiger partial charge in [-0.05, 0) is 20.3 Å². The highest BCUT2D eigenvalue weighted by Gasteiger charge is 2.18. The highest BCUT2D eigenvalue weighted by Crippen LogP contribution is 2.16. The fraction of sp³-hybridized carbons (Fsp3) is 0.583. The summed E-state index contributed by atoms with van der Waals surface area (Å²) in [4.78, 5) is 30.6. The molecule has 0 amide bonds. The van der Waals surface area contributed by atoms with Crippen molar-refractivity contribution in [3.63, 3.8) is 0 Å². The van der Waals surface area contributed by atoms with Crippen LogP contribution in [0.2, 0.25) is 0 Å². The zero-order valence-corrected chi connectivity index (χ0v) is 11.4. The summed E-state index contributed by atoms with van der Waals surface area (Å²) in [6.45, 7) is 6.80. The second-order valence-corrected chi connectivity index (χ2v) is 4.59. The van der Waals surface area contributed by atoms with Crippen molar-refractivity contribution in [3.8, 4) is 0 Å². The van der Waals surface area contributed by atoms with E-state index in [0.717, 1.165) is 6.42 Å². The minimum atomic E-state index is -0.420. The summed E-state index contributed by atoms with van der Waals surface area (Å²) in [6, 6.07) is -0.295. The number of rotatable bonds is 4. The summed E-state index contributed by atoms with van der Waals surface area (Å²) >= 11 is 0. The molecule has 7 heteroatoms. The van der Waals surface area contributed by atoms with E-state index in [4.69, 9.17) is 5.73 Å². The minimum Gasteiger partial charge on any atom is -0.322 e. The van der Waals surface area contributed by atoms with Crippen molar-refractivity contribution in [3.05, 3.63) is 26.7 Å². The Kier molecular flexibility index (Phi) is 3.57. The van der Waals surface area contributed by atoms with Crippen LogP contribution in [0.4, 0.5) is 0 Å². The number of hydrogen-bond acceptors (Lipinski definition) is 4. The molecule has 19 heavy (non-hydrogen) atoms. The Morgan fingerprint density at radius 1 is 1.32 bits per heavy atom. The molecule has 2 aromatic heterocycles. The molecule has 2 aromatic rings. The highest BCUT2D eigenvalue weighted by molar-refractivity contribution is 5.71. The van der Waals surface area contributed by atoms with Gasteiger partial charge in [0.25, 0.3) is 5.56 Å². The molecule has 7 nitrogen and oxygen atoms in total. The lowest BCUT2D eigenvalue weighted by Gasteiger charge is -2.07. The van der Waals surface area contributed by atoms with Crippen molar-refractivity contribution in [2.24, 2.45) is 5.73 Å². The first-order valence-corrected chi connectivity index (χ1v) is 6.50. The van der Waals surface area contributed by atoms with Crippen molar-refractivity contribution in [1.82, 2.24) is 19.1 Å². The third-order valence-electron chi connectivity index (χ3n) is 3.09. The van der Waals surface area contributed by atoms with Crippen LogP contribution in [0.5, 0.6) is 0 Å². The number of aromatic amines is 1. The first-order valence-electron chi connectivity index (χ1n) is 6.50. The molecule has 0 saturated carbocycles. The molecule has 2 heterocycles. The number of aromatic nitrogens is 4. The topological polar surface area (TPSA) is 98.7 Å². The van der Waals surface area contributed by atoms with Crippen molar-refractivity contribution in [2.75, 3.05) is 0 Å².